The summed E-state index contributed by atoms with van der Waals surface area (Å²) in [6, 6.07) is 45.0. The molecule has 0 atom stereocenters. The van der Waals surface area contributed by atoms with Crippen molar-refractivity contribution >= 4 is 11.9 Å². The predicted molar refractivity (Wildman–Crippen MR) is 227 cm³/mol. The molecule has 0 unspecified atom stereocenters. The van der Waals surface area contributed by atoms with Crippen LogP contribution in [0.2, 0.25) is 0 Å². The summed E-state index contributed by atoms with van der Waals surface area (Å²) < 4.78 is 29.4. The SMILES string of the molecule is O=C(O)c1ccc(CCc2cc(CCc3ccc(C(=O)O)nc3)cc(-c3cc(F)ccc3-c3cnc(-c4[c-]cc(F)cc4)cc3-c3ccc(-c4ccccc4)cc3)c2)cn1.[Ir]. The van der Waals surface area contributed by atoms with Crippen molar-refractivity contribution in [3.8, 4) is 55.8 Å². The second kappa shape index (κ2) is 18.9. The van der Waals surface area contributed by atoms with E-state index in [4.69, 9.17) is 4.98 Å². The second-order valence-corrected chi connectivity index (χ2v) is 14.4. The first-order valence-corrected chi connectivity index (χ1v) is 19.3. The van der Waals surface area contributed by atoms with Crippen molar-refractivity contribution in [2.45, 2.75) is 25.7 Å². The number of benzene rings is 5. The van der Waals surface area contributed by atoms with Crippen molar-refractivity contribution in [1.29, 1.82) is 0 Å². The second-order valence-electron chi connectivity index (χ2n) is 14.4. The van der Waals surface area contributed by atoms with Gasteiger partial charge in [0.15, 0.2) is 0 Å². The van der Waals surface area contributed by atoms with Gasteiger partial charge in [-0.05, 0) is 117 Å². The minimum atomic E-state index is -1.09. The maximum absolute atomic E-state index is 15.5. The van der Waals surface area contributed by atoms with Crippen LogP contribution in [0, 0.1) is 17.7 Å². The molecule has 0 saturated carbocycles. The van der Waals surface area contributed by atoms with E-state index in [-0.39, 0.29) is 31.5 Å². The van der Waals surface area contributed by atoms with E-state index < -0.39 is 23.6 Å². The van der Waals surface area contributed by atoms with Crippen LogP contribution in [0.5, 0.6) is 0 Å². The molecule has 3 aromatic heterocycles. The fraction of sp³-hybridized carbons (Fsp3) is 0.0784. The van der Waals surface area contributed by atoms with E-state index in [1.165, 1.54) is 36.4 Å². The molecule has 0 saturated heterocycles. The number of hydrogen-bond acceptors (Lipinski definition) is 5. The smallest absolute Gasteiger partial charge is 0.354 e. The molecule has 0 aliphatic rings. The van der Waals surface area contributed by atoms with Crippen molar-refractivity contribution in [3.63, 3.8) is 0 Å². The molecule has 303 valence electrons. The first kappa shape index (κ1) is 42.1. The van der Waals surface area contributed by atoms with Crippen LogP contribution >= 0.6 is 0 Å². The molecule has 5 aromatic carbocycles. The van der Waals surface area contributed by atoms with Crippen LogP contribution < -0.4 is 0 Å². The van der Waals surface area contributed by atoms with Gasteiger partial charge in [-0.1, -0.05) is 97.1 Å². The van der Waals surface area contributed by atoms with Gasteiger partial charge in [0, 0.05) is 50.1 Å². The molecule has 10 heteroatoms. The monoisotopic (exact) mass is 985 g/mol. The molecule has 8 aromatic rings. The number of aryl methyl sites for hydroxylation is 4. The van der Waals surface area contributed by atoms with E-state index in [0.717, 1.165) is 61.2 Å². The van der Waals surface area contributed by atoms with Crippen LogP contribution in [0.4, 0.5) is 8.78 Å². The predicted octanol–water partition coefficient (Wildman–Crippen LogP) is 11.2. The standard InChI is InChI=1S/C51H36F2N3O4.Ir/c52-41-18-16-39(17-19-41)49-28-45(38-14-12-37(13-15-38)36-4-2-1-3-5-36)46(31-56-49)43-21-20-42(53)27-44(43)40-25-34(8-6-32-10-22-47(50(57)58)54-29-32)24-35(26-40)9-7-33-11-23-48(51(59)60)55-30-33;/h1-5,10-16,18-31H,6-9H2,(H,57,58)(H,59,60);/q-1;. The molecule has 0 aliphatic carbocycles. The van der Waals surface area contributed by atoms with Gasteiger partial charge in [-0.2, -0.15) is 0 Å². The number of pyridine rings is 3. The van der Waals surface area contributed by atoms with Gasteiger partial charge in [0.25, 0.3) is 0 Å². The number of carbonyl (C=O) groups is 2. The molecular weight excluding hydrogens is 949 g/mol. The molecule has 8 rings (SSSR count). The molecule has 1 radical (unpaired) electrons. The normalized spacial score (nSPS) is 10.9. The van der Waals surface area contributed by atoms with E-state index in [0.29, 0.717) is 42.5 Å². The fourth-order valence-electron chi connectivity index (χ4n) is 7.27. The number of halogens is 2. The zero-order chi connectivity index (χ0) is 41.6. The molecule has 0 amide bonds. The van der Waals surface area contributed by atoms with Crippen molar-refractivity contribution in [2.75, 3.05) is 0 Å². The number of rotatable bonds is 13. The number of hydrogen-bond donors (Lipinski definition) is 2. The van der Waals surface area contributed by atoms with E-state index in [9.17, 15) is 24.2 Å². The molecule has 0 fully saturated rings. The van der Waals surface area contributed by atoms with Gasteiger partial charge >= 0.3 is 11.9 Å². The Morgan fingerprint density at radius 2 is 1.03 bits per heavy atom. The third-order valence-electron chi connectivity index (χ3n) is 10.4. The Labute approximate surface area is 364 Å². The first-order chi connectivity index (χ1) is 29.2. The van der Waals surface area contributed by atoms with E-state index in [2.05, 4.69) is 58.5 Å². The minimum absolute atomic E-state index is 0. The average molecular weight is 985 g/mol. The summed E-state index contributed by atoms with van der Waals surface area (Å²) in [5, 5.41) is 18.6. The van der Waals surface area contributed by atoms with Gasteiger partial charge in [0.05, 0.1) is 0 Å². The number of carboxylic acids is 2. The fourth-order valence-corrected chi connectivity index (χ4v) is 7.27. The Bertz CT molecular complexity index is 2740. The summed E-state index contributed by atoms with van der Waals surface area (Å²) in [6.45, 7) is 0. The van der Waals surface area contributed by atoms with Crippen LogP contribution in [0.1, 0.15) is 43.2 Å². The van der Waals surface area contributed by atoms with Gasteiger partial charge in [0.1, 0.15) is 17.2 Å². The Kier molecular flexibility index (Phi) is 13.1. The molecule has 0 spiro atoms. The third kappa shape index (κ3) is 10.1. The summed E-state index contributed by atoms with van der Waals surface area (Å²) in [7, 11) is 0. The van der Waals surface area contributed by atoms with Crippen molar-refractivity contribution < 1.29 is 48.7 Å². The topological polar surface area (TPSA) is 113 Å². The zero-order valence-corrected chi connectivity index (χ0v) is 34.9. The maximum atomic E-state index is 15.5. The molecular formula is C51H36F2IrN3O4-. The zero-order valence-electron chi connectivity index (χ0n) is 32.5. The van der Waals surface area contributed by atoms with Crippen LogP contribution in [-0.2, 0) is 45.8 Å². The Morgan fingerprint density at radius 1 is 0.475 bits per heavy atom. The summed E-state index contributed by atoms with van der Waals surface area (Å²) in [5.74, 6) is -2.99. The van der Waals surface area contributed by atoms with E-state index >= 15 is 4.39 Å². The minimum Gasteiger partial charge on any atom is -0.477 e. The third-order valence-corrected chi connectivity index (χ3v) is 10.4. The number of aromatic nitrogens is 3. The molecule has 3 heterocycles. The summed E-state index contributed by atoms with van der Waals surface area (Å²) in [6.07, 6.45) is 7.27. The number of aromatic carboxylic acids is 2. The molecule has 2 N–H and O–H groups in total. The maximum Gasteiger partial charge on any atom is 0.354 e. The average Bonchev–Trinajstić information content (AvgIpc) is 3.28. The van der Waals surface area contributed by atoms with Gasteiger partial charge < -0.3 is 15.2 Å². The van der Waals surface area contributed by atoms with E-state index in [1.807, 2.05) is 36.4 Å². The van der Waals surface area contributed by atoms with Crippen molar-refractivity contribution in [2.24, 2.45) is 0 Å². The van der Waals surface area contributed by atoms with Gasteiger partial charge in [0.2, 0.25) is 0 Å². The Morgan fingerprint density at radius 3 is 1.59 bits per heavy atom. The van der Waals surface area contributed by atoms with Crippen molar-refractivity contribution in [3.05, 3.63) is 209 Å². The Balaban J connectivity index is 0.00000561. The number of nitrogens with zero attached hydrogens (tertiary/aromatic N) is 3. The largest absolute Gasteiger partial charge is 0.477 e. The van der Waals surface area contributed by atoms with Gasteiger partial charge in [-0.25, -0.2) is 23.9 Å². The van der Waals surface area contributed by atoms with E-state index in [1.54, 1.807) is 42.9 Å². The molecule has 61 heavy (non-hydrogen) atoms. The van der Waals surface area contributed by atoms with Crippen molar-refractivity contribution in [1.82, 2.24) is 15.0 Å². The van der Waals surface area contributed by atoms with Gasteiger partial charge in [-0.15, -0.1) is 29.8 Å². The molecule has 7 nitrogen and oxygen atoms in total. The summed E-state index contributed by atoms with van der Waals surface area (Å²) >= 11 is 0. The quantitative estimate of drug-likeness (QED) is 0.111. The van der Waals surface area contributed by atoms with Crippen LogP contribution in [0.15, 0.2) is 158 Å². The van der Waals surface area contributed by atoms with Crippen LogP contribution in [-0.4, -0.2) is 37.1 Å². The Hall–Kier alpha value is -7.00. The molecule has 0 bridgehead atoms. The first-order valence-electron chi connectivity index (χ1n) is 19.3. The molecule has 0 aliphatic heterocycles. The van der Waals surface area contributed by atoms with Gasteiger partial charge in [-0.3, -0.25) is 4.39 Å². The summed E-state index contributed by atoms with van der Waals surface area (Å²) in [5.41, 5.74) is 11.7. The number of carboxylic acid groups (broad SMARTS) is 2. The van der Waals surface area contributed by atoms with Crippen LogP contribution in [0.25, 0.3) is 55.8 Å². The summed E-state index contributed by atoms with van der Waals surface area (Å²) in [4.78, 5) is 35.8. The van der Waals surface area contributed by atoms with Crippen LogP contribution in [0.3, 0.4) is 0 Å².